The minimum absolute atomic E-state index is 0.0244. The van der Waals surface area contributed by atoms with Crippen LogP contribution in [0.1, 0.15) is 12.5 Å². The second-order valence-corrected chi connectivity index (χ2v) is 4.75. The zero-order chi connectivity index (χ0) is 13.1. The molecule has 0 saturated carbocycles. The van der Waals surface area contributed by atoms with Crippen LogP contribution in [0.4, 0.5) is 5.69 Å². The van der Waals surface area contributed by atoms with Crippen LogP contribution in [0.15, 0.2) is 23.2 Å². The van der Waals surface area contributed by atoms with Crippen LogP contribution >= 0.6 is 0 Å². The number of ether oxygens (including phenoxy) is 1. The summed E-state index contributed by atoms with van der Waals surface area (Å²) in [7, 11) is 4.08. The van der Waals surface area contributed by atoms with Crippen LogP contribution in [0, 0.1) is 6.92 Å². The van der Waals surface area contributed by atoms with E-state index in [1.54, 1.807) is 0 Å². The van der Waals surface area contributed by atoms with Gasteiger partial charge in [0.2, 0.25) is 0 Å². The number of amidine groups is 1. The van der Waals surface area contributed by atoms with Crippen molar-refractivity contribution in [2.45, 2.75) is 20.0 Å². The van der Waals surface area contributed by atoms with E-state index in [9.17, 15) is 0 Å². The fraction of sp³-hybridized carbons (Fsp3) is 0.500. The van der Waals surface area contributed by atoms with Crippen LogP contribution < -0.4 is 15.0 Å². The minimum Gasteiger partial charge on any atom is -0.482 e. The first-order valence-electron chi connectivity index (χ1n) is 6.31. The molecule has 98 valence electrons. The summed E-state index contributed by atoms with van der Waals surface area (Å²) in [6, 6.07) is 6.13. The first-order chi connectivity index (χ1) is 8.59. The van der Waals surface area contributed by atoms with Gasteiger partial charge in [-0.1, -0.05) is 6.07 Å². The number of hydrogen-bond acceptors (Lipinski definition) is 4. The van der Waals surface area contributed by atoms with E-state index in [4.69, 9.17) is 4.74 Å². The molecule has 1 aromatic rings. The van der Waals surface area contributed by atoms with E-state index in [1.165, 1.54) is 5.69 Å². The Morgan fingerprint density at radius 1 is 1.39 bits per heavy atom. The third-order valence-electron chi connectivity index (χ3n) is 3.13. The van der Waals surface area contributed by atoms with Gasteiger partial charge in [0.05, 0.1) is 6.54 Å². The van der Waals surface area contributed by atoms with Crippen LogP contribution in [0.3, 0.4) is 0 Å². The lowest BCUT2D eigenvalue weighted by atomic mass is 10.1. The van der Waals surface area contributed by atoms with Gasteiger partial charge in [0.25, 0.3) is 0 Å². The minimum atomic E-state index is -0.0244. The summed E-state index contributed by atoms with van der Waals surface area (Å²) in [5, 5.41) is 3.25. The van der Waals surface area contributed by atoms with Crippen LogP contribution in [-0.4, -0.2) is 39.1 Å². The summed E-state index contributed by atoms with van der Waals surface area (Å²) in [5.74, 6) is 1.87. The molecule has 1 N–H and O–H groups in total. The maximum Gasteiger partial charge on any atom is 0.152 e. The van der Waals surface area contributed by atoms with E-state index < -0.39 is 0 Å². The standard InChI is InChI=1S/C14H21N3O/c1-10-12(17(3)4)6-5-7-13(10)18-11(2)14-15-8-9-16-14/h5-7,11H,8-9H2,1-4H3,(H,15,16)/t11-/m0/s1. The lowest BCUT2D eigenvalue weighted by Gasteiger charge is -2.21. The monoisotopic (exact) mass is 247 g/mol. The molecule has 1 aromatic carbocycles. The van der Waals surface area contributed by atoms with Crippen molar-refractivity contribution in [1.82, 2.24) is 5.32 Å². The molecule has 1 aliphatic heterocycles. The van der Waals surface area contributed by atoms with Crippen LogP contribution in [-0.2, 0) is 0 Å². The van der Waals surface area contributed by atoms with Crippen molar-refractivity contribution in [3.8, 4) is 5.75 Å². The summed E-state index contributed by atoms with van der Waals surface area (Å²) in [6.07, 6.45) is -0.0244. The number of aliphatic imine (C=N–C) groups is 1. The highest BCUT2D eigenvalue weighted by Gasteiger charge is 2.17. The molecule has 0 fully saturated rings. The van der Waals surface area contributed by atoms with Crippen molar-refractivity contribution >= 4 is 11.5 Å². The molecule has 2 rings (SSSR count). The molecule has 0 spiro atoms. The number of rotatable bonds is 4. The smallest absolute Gasteiger partial charge is 0.152 e. The van der Waals surface area contributed by atoms with E-state index in [0.717, 1.165) is 30.2 Å². The first kappa shape index (κ1) is 12.7. The summed E-state index contributed by atoms with van der Waals surface area (Å²) in [6.45, 7) is 5.87. The largest absolute Gasteiger partial charge is 0.482 e. The van der Waals surface area contributed by atoms with Crippen molar-refractivity contribution in [2.24, 2.45) is 4.99 Å². The highest BCUT2D eigenvalue weighted by molar-refractivity contribution is 5.87. The Morgan fingerprint density at radius 3 is 2.78 bits per heavy atom. The maximum absolute atomic E-state index is 6.00. The molecule has 1 atom stereocenters. The summed E-state index contributed by atoms with van der Waals surface area (Å²) < 4.78 is 6.00. The fourth-order valence-corrected chi connectivity index (χ4v) is 2.15. The Labute approximate surface area is 109 Å². The molecule has 0 radical (unpaired) electrons. The van der Waals surface area contributed by atoms with Gasteiger partial charge in [0, 0.05) is 31.9 Å². The van der Waals surface area contributed by atoms with Gasteiger partial charge in [0.15, 0.2) is 6.10 Å². The predicted octanol–water partition coefficient (Wildman–Crippen LogP) is 1.83. The molecule has 0 aromatic heterocycles. The molecule has 18 heavy (non-hydrogen) atoms. The fourth-order valence-electron chi connectivity index (χ4n) is 2.15. The Bertz CT molecular complexity index is 454. The second kappa shape index (κ2) is 5.29. The normalized spacial score (nSPS) is 15.9. The molecule has 1 aliphatic rings. The molecular formula is C14H21N3O. The molecule has 0 aliphatic carbocycles. The topological polar surface area (TPSA) is 36.9 Å². The highest BCUT2D eigenvalue weighted by Crippen LogP contribution is 2.28. The molecule has 0 bridgehead atoms. The SMILES string of the molecule is Cc1c(O[C@@H](C)C2=NCCN2)cccc1N(C)C. The van der Waals surface area contributed by atoms with Gasteiger partial charge < -0.3 is 15.0 Å². The van der Waals surface area contributed by atoms with Crippen LogP contribution in [0.25, 0.3) is 0 Å². The third-order valence-corrected chi connectivity index (χ3v) is 3.13. The molecule has 0 saturated heterocycles. The third kappa shape index (κ3) is 2.58. The van der Waals surface area contributed by atoms with Crippen LogP contribution in [0.2, 0.25) is 0 Å². The van der Waals surface area contributed by atoms with Gasteiger partial charge in [-0.2, -0.15) is 0 Å². The number of benzene rings is 1. The lowest BCUT2D eigenvalue weighted by molar-refractivity contribution is 0.282. The molecule has 4 nitrogen and oxygen atoms in total. The average Bonchev–Trinajstić information content (AvgIpc) is 2.85. The Hall–Kier alpha value is -1.71. The molecule has 0 amide bonds. The van der Waals surface area contributed by atoms with Crippen molar-refractivity contribution in [3.63, 3.8) is 0 Å². The zero-order valence-corrected chi connectivity index (χ0v) is 11.5. The molecule has 4 heteroatoms. The van der Waals surface area contributed by atoms with Gasteiger partial charge in [-0.05, 0) is 26.0 Å². The van der Waals surface area contributed by atoms with E-state index in [1.807, 2.05) is 33.2 Å². The van der Waals surface area contributed by atoms with Crippen LogP contribution in [0.5, 0.6) is 5.75 Å². The van der Waals surface area contributed by atoms with Gasteiger partial charge in [-0.15, -0.1) is 0 Å². The summed E-state index contributed by atoms with van der Waals surface area (Å²) >= 11 is 0. The van der Waals surface area contributed by atoms with E-state index >= 15 is 0 Å². The summed E-state index contributed by atoms with van der Waals surface area (Å²) in [4.78, 5) is 6.48. The Morgan fingerprint density at radius 2 is 2.17 bits per heavy atom. The van der Waals surface area contributed by atoms with Crippen molar-refractivity contribution in [3.05, 3.63) is 23.8 Å². The molecular weight excluding hydrogens is 226 g/mol. The quantitative estimate of drug-likeness (QED) is 0.882. The van der Waals surface area contributed by atoms with Crippen molar-refractivity contribution in [1.29, 1.82) is 0 Å². The van der Waals surface area contributed by atoms with E-state index in [2.05, 4.69) is 28.2 Å². The first-order valence-corrected chi connectivity index (χ1v) is 6.31. The number of hydrogen-bond donors (Lipinski definition) is 1. The molecule has 1 heterocycles. The van der Waals surface area contributed by atoms with Gasteiger partial charge >= 0.3 is 0 Å². The number of anilines is 1. The van der Waals surface area contributed by atoms with Crippen molar-refractivity contribution < 1.29 is 4.74 Å². The average molecular weight is 247 g/mol. The van der Waals surface area contributed by atoms with Gasteiger partial charge in [-0.3, -0.25) is 4.99 Å². The predicted molar refractivity (Wildman–Crippen MR) is 75.9 cm³/mol. The highest BCUT2D eigenvalue weighted by atomic mass is 16.5. The number of nitrogens with one attached hydrogen (secondary N) is 1. The van der Waals surface area contributed by atoms with E-state index in [-0.39, 0.29) is 6.10 Å². The lowest BCUT2D eigenvalue weighted by Crippen LogP contribution is -2.33. The second-order valence-electron chi connectivity index (χ2n) is 4.75. The zero-order valence-electron chi connectivity index (χ0n) is 11.5. The summed E-state index contributed by atoms with van der Waals surface area (Å²) in [5.41, 5.74) is 2.34. The maximum atomic E-state index is 6.00. The molecule has 0 unspecified atom stereocenters. The Kier molecular flexibility index (Phi) is 3.75. The van der Waals surface area contributed by atoms with Gasteiger partial charge in [0.1, 0.15) is 11.6 Å². The Balaban J connectivity index is 2.16. The van der Waals surface area contributed by atoms with Crippen molar-refractivity contribution in [2.75, 3.05) is 32.1 Å². The number of nitrogens with zero attached hydrogens (tertiary/aromatic N) is 2. The van der Waals surface area contributed by atoms with E-state index in [0.29, 0.717) is 0 Å². The van der Waals surface area contributed by atoms with Gasteiger partial charge in [-0.25, -0.2) is 0 Å².